The number of sulfonamides is 1. The largest absolute Gasteiger partial charge is 0.487 e. The molecule has 0 unspecified atom stereocenters. The molecule has 2 saturated heterocycles. The number of hydrogen-bond acceptors (Lipinski definition) is 7. The fraction of sp³-hybridized carbons (Fsp3) is 0.314. The highest BCUT2D eigenvalue weighted by Gasteiger charge is 2.43. The molecule has 0 aliphatic carbocycles. The minimum Gasteiger partial charge on any atom is -0.487 e. The Bertz CT molecular complexity index is 2060. The smallest absolute Gasteiger partial charge is 0.253 e. The monoisotopic (exact) mass is 705 g/mol. The Morgan fingerprint density at radius 2 is 1.69 bits per heavy atom. The second-order valence-corrected chi connectivity index (χ2v) is 14.6. The molecule has 0 saturated carbocycles. The lowest BCUT2D eigenvalue weighted by Gasteiger charge is -2.37. The molecule has 4 aromatic rings. The number of hydrogen-bond donors (Lipinski definition) is 0. The zero-order valence-corrected chi connectivity index (χ0v) is 28.8. The molecule has 48 heavy (non-hydrogen) atoms. The van der Waals surface area contributed by atoms with Crippen molar-refractivity contribution in [1.29, 1.82) is 5.26 Å². The molecule has 6 rings (SSSR count). The standard InChI is InChI=1S/C35H33Cl2N5O5S/c1-22-19-23(2)39-33-26(22)5-3-7-30(33)47-21-27-28(36)12-13-31(32(27)37)48(45,46)42-14-4-6-29(42)35(44)41-17-15-40(16-18-41)34(43)25-10-8-24(20-38)9-11-25/h3,5,7-13,19,29H,4,6,14-18,21H2,1-2H3/t29-/m0/s1. The molecule has 2 aliphatic heterocycles. The number of aromatic nitrogens is 1. The summed E-state index contributed by atoms with van der Waals surface area (Å²) in [6.45, 7) is 5.14. The average Bonchev–Trinajstić information content (AvgIpc) is 3.59. The summed E-state index contributed by atoms with van der Waals surface area (Å²) in [6.07, 6.45) is 0.886. The molecule has 0 radical (unpaired) electrons. The lowest BCUT2D eigenvalue weighted by Crippen LogP contribution is -2.55. The van der Waals surface area contributed by atoms with Crippen molar-refractivity contribution < 1.29 is 22.7 Å². The first-order valence-corrected chi connectivity index (χ1v) is 17.8. The highest BCUT2D eigenvalue weighted by atomic mass is 35.5. The van der Waals surface area contributed by atoms with E-state index in [0.717, 1.165) is 16.6 Å². The van der Waals surface area contributed by atoms with Crippen LogP contribution in [0.4, 0.5) is 0 Å². The van der Waals surface area contributed by atoms with Crippen LogP contribution in [0.25, 0.3) is 10.9 Å². The Balaban J connectivity index is 1.17. The fourth-order valence-electron chi connectivity index (χ4n) is 6.34. The molecule has 0 N–H and O–H groups in total. The third kappa shape index (κ3) is 6.45. The predicted octanol–water partition coefficient (Wildman–Crippen LogP) is 5.75. The Kier molecular flexibility index (Phi) is 9.63. The van der Waals surface area contributed by atoms with E-state index in [4.69, 9.17) is 33.2 Å². The van der Waals surface area contributed by atoms with Crippen molar-refractivity contribution in [2.24, 2.45) is 0 Å². The van der Waals surface area contributed by atoms with Crippen molar-refractivity contribution in [1.82, 2.24) is 19.1 Å². The maximum atomic E-state index is 14.1. The number of nitriles is 1. The van der Waals surface area contributed by atoms with Crippen LogP contribution in [-0.4, -0.2) is 78.1 Å². The van der Waals surface area contributed by atoms with Gasteiger partial charge in [-0.1, -0.05) is 35.3 Å². The summed E-state index contributed by atoms with van der Waals surface area (Å²) in [4.78, 5) is 34.5. The van der Waals surface area contributed by atoms with E-state index in [1.807, 2.05) is 38.1 Å². The Hall–Kier alpha value is -4.21. The lowest BCUT2D eigenvalue weighted by atomic mass is 10.1. The van der Waals surface area contributed by atoms with Crippen LogP contribution in [0.3, 0.4) is 0 Å². The molecule has 248 valence electrons. The van der Waals surface area contributed by atoms with Crippen LogP contribution < -0.4 is 4.74 Å². The Morgan fingerprint density at radius 1 is 0.979 bits per heavy atom. The zero-order valence-electron chi connectivity index (χ0n) is 26.4. The van der Waals surface area contributed by atoms with Crippen LogP contribution in [-0.2, 0) is 21.4 Å². The van der Waals surface area contributed by atoms with E-state index in [0.29, 0.717) is 53.9 Å². The SMILES string of the molecule is Cc1cc(C)c2cccc(OCc3c(Cl)ccc(S(=O)(=O)N4CCC[C@H]4C(=O)N4CCN(C(=O)c5ccc(C#N)cc5)CC4)c3Cl)c2n1. The summed E-state index contributed by atoms with van der Waals surface area (Å²) in [5.41, 5.74) is 3.82. The van der Waals surface area contributed by atoms with Gasteiger partial charge in [0.05, 0.1) is 16.7 Å². The lowest BCUT2D eigenvalue weighted by molar-refractivity contribution is -0.136. The highest BCUT2D eigenvalue weighted by Crippen LogP contribution is 2.37. The van der Waals surface area contributed by atoms with Gasteiger partial charge in [-0.05, 0) is 80.8 Å². The molecule has 10 nitrogen and oxygen atoms in total. The molecule has 1 aromatic heterocycles. The highest BCUT2D eigenvalue weighted by molar-refractivity contribution is 7.89. The van der Waals surface area contributed by atoms with Crippen molar-refractivity contribution in [3.8, 4) is 11.8 Å². The summed E-state index contributed by atoms with van der Waals surface area (Å²) >= 11 is 13.3. The molecule has 0 bridgehead atoms. The normalized spacial score (nSPS) is 17.0. The van der Waals surface area contributed by atoms with E-state index in [1.54, 1.807) is 40.1 Å². The molecule has 0 spiro atoms. The summed E-state index contributed by atoms with van der Waals surface area (Å²) in [5.74, 6) is 0.0311. The predicted molar refractivity (Wildman–Crippen MR) is 183 cm³/mol. The molecular weight excluding hydrogens is 673 g/mol. The van der Waals surface area contributed by atoms with E-state index in [-0.39, 0.29) is 53.0 Å². The number of para-hydroxylation sites is 1. The summed E-state index contributed by atoms with van der Waals surface area (Å²) in [5, 5.41) is 10.2. The summed E-state index contributed by atoms with van der Waals surface area (Å²) in [6, 6.07) is 18.0. The minimum atomic E-state index is -4.20. The summed E-state index contributed by atoms with van der Waals surface area (Å²) in [7, 11) is -4.20. The summed E-state index contributed by atoms with van der Waals surface area (Å²) < 4.78 is 35.5. The van der Waals surface area contributed by atoms with Gasteiger partial charge in [0, 0.05) is 60.0 Å². The number of amides is 2. The van der Waals surface area contributed by atoms with Gasteiger partial charge in [-0.15, -0.1) is 0 Å². The number of rotatable bonds is 7. The van der Waals surface area contributed by atoms with Gasteiger partial charge in [-0.25, -0.2) is 13.4 Å². The van der Waals surface area contributed by atoms with Gasteiger partial charge in [0.25, 0.3) is 5.91 Å². The fourth-order valence-corrected chi connectivity index (χ4v) is 8.86. The van der Waals surface area contributed by atoms with Crippen molar-refractivity contribution in [3.63, 3.8) is 0 Å². The van der Waals surface area contributed by atoms with Gasteiger partial charge in [0.15, 0.2) is 0 Å². The maximum absolute atomic E-state index is 14.1. The zero-order chi connectivity index (χ0) is 34.2. The van der Waals surface area contributed by atoms with Gasteiger partial charge < -0.3 is 14.5 Å². The first-order chi connectivity index (χ1) is 23.0. The second-order valence-electron chi connectivity index (χ2n) is 11.9. The number of fused-ring (bicyclic) bond motifs is 1. The Labute approximate surface area is 289 Å². The number of piperazine rings is 1. The number of carbonyl (C=O) groups is 2. The van der Waals surface area contributed by atoms with E-state index in [2.05, 4.69) is 4.98 Å². The van der Waals surface area contributed by atoms with E-state index >= 15 is 0 Å². The van der Waals surface area contributed by atoms with Gasteiger partial charge in [-0.2, -0.15) is 9.57 Å². The Morgan fingerprint density at radius 3 is 2.40 bits per heavy atom. The number of halogens is 2. The van der Waals surface area contributed by atoms with Crippen molar-refractivity contribution in [2.75, 3.05) is 32.7 Å². The minimum absolute atomic E-state index is 0.0592. The number of ether oxygens (including phenoxy) is 1. The van der Waals surface area contributed by atoms with E-state index in [1.165, 1.54) is 16.4 Å². The molecule has 2 amide bonds. The number of carbonyl (C=O) groups excluding carboxylic acids is 2. The first-order valence-electron chi connectivity index (χ1n) is 15.6. The van der Waals surface area contributed by atoms with Crippen molar-refractivity contribution >= 4 is 55.9 Å². The van der Waals surface area contributed by atoms with Crippen molar-refractivity contribution in [2.45, 2.75) is 44.2 Å². The topological polar surface area (TPSA) is 124 Å². The van der Waals surface area contributed by atoms with Gasteiger partial charge in [-0.3, -0.25) is 9.59 Å². The van der Waals surface area contributed by atoms with Crippen LogP contribution in [0.2, 0.25) is 10.0 Å². The third-order valence-corrected chi connectivity index (χ3v) is 11.7. The van der Waals surface area contributed by atoms with Crippen molar-refractivity contribution in [3.05, 3.63) is 98.7 Å². The van der Waals surface area contributed by atoms with Crippen LogP contribution in [0.5, 0.6) is 5.75 Å². The molecule has 2 fully saturated rings. The van der Waals surface area contributed by atoms with Crippen LogP contribution in [0.15, 0.2) is 65.6 Å². The second kappa shape index (κ2) is 13.7. The molecule has 3 heterocycles. The quantitative estimate of drug-likeness (QED) is 0.240. The number of benzene rings is 3. The first kappa shape index (κ1) is 33.7. The van der Waals surface area contributed by atoms with Crippen LogP contribution in [0.1, 0.15) is 45.6 Å². The van der Waals surface area contributed by atoms with Gasteiger partial charge in [0.2, 0.25) is 15.9 Å². The molecular formula is C35H33Cl2N5O5S. The van der Waals surface area contributed by atoms with E-state index in [9.17, 15) is 18.0 Å². The van der Waals surface area contributed by atoms with Crippen LogP contribution in [0, 0.1) is 25.2 Å². The number of aryl methyl sites for hydroxylation is 2. The molecule has 3 aromatic carbocycles. The number of nitrogens with zero attached hydrogens (tertiary/aromatic N) is 5. The molecule has 1 atom stereocenters. The molecule has 2 aliphatic rings. The van der Waals surface area contributed by atoms with Crippen LogP contribution >= 0.6 is 23.2 Å². The number of pyridine rings is 1. The van der Waals surface area contributed by atoms with Gasteiger partial charge >= 0.3 is 0 Å². The van der Waals surface area contributed by atoms with E-state index < -0.39 is 16.1 Å². The van der Waals surface area contributed by atoms with Gasteiger partial charge in [0.1, 0.15) is 28.8 Å². The average molecular weight is 707 g/mol. The maximum Gasteiger partial charge on any atom is 0.253 e. The molecule has 13 heteroatoms. The third-order valence-electron chi connectivity index (χ3n) is 8.87.